The molecule has 0 aliphatic rings. The summed E-state index contributed by atoms with van der Waals surface area (Å²) in [5.41, 5.74) is 0.923. The molecule has 2 heterocycles. The van der Waals surface area contributed by atoms with Crippen LogP contribution in [0.2, 0.25) is 0 Å². The van der Waals surface area contributed by atoms with Gasteiger partial charge in [-0.05, 0) is 31.2 Å². The summed E-state index contributed by atoms with van der Waals surface area (Å²) >= 11 is 0. The molecule has 18 heavy (non-hydrogen) atoms. The van der Waals surface area contributed by atoms with E-state index in [1.165, 1.54) is 35.2 Å². The van der Waals surface area contributed by atoms with Gasteiger partial charge in [0.15, 0.2) is 5.52 Å². The monoisotopic (exact) mass is 245 g/mol. The highest BCUT2D eigenvalue weighted by molar-refractivity contribution is 5.78. The number of fused-ring (bicyclic) bond motifs is 1. The van der Waals surface area contributed by atoms with E-state index in [-0.39, 0.29) is 11.3 Å². The molecule has 2 aromatic heterocycles. The van der Waals surface area contributed by atoms with Gasteiger partial charge in [-0.3, -0.25) is 4.79 Å². The molecule has 0 bridgehead atoms. The number of aromatic nitrogens is 3. The Labute approximate surface area is 100 Å². The van der Waals surface area contributed by atoms with Gasteiger partial charge in [0.25, 0.3) is 0 Å². The zero-order valence-corrected chi connectivity index (χ0v) is 9.42. The van der Waals surface area contributed by atoms with Crippen LogP contribution in [-0.2, 0) is 0 Å². The SMILES string of the molecule is Cc1nn(-c2ccc(F)cc2)c(=O)c2nocc12. The van der Waals surface area contributed by atoms with Gasteiger partial charge in [-0.2, -0.15) is 9.78 Å². The first-order chi connectivity index (χ1) is 8.66. The summed E-state index contributed by atoms with van der Waals surface area (Å²) in [5, 5.41) is 8.40. The lowest BCUT2D eigenvalue weighted by Gasteiger charge is -2.05. The maximum Gasteiger partial charge on any atom is 0.301 e. The van der Waals surface area contributed by atoms with Crippen LogP contribution in [0.4, 0.5) is 4.39 Å². The molecule has 1 aromatic carbocycles. The lowest BCUT2D eigenvalue weighted by atomic mass is 10.2. The van der Waals surface area contributed by atoms with Crippen molar-refractivity contribution < 1.29 is 8.91 Å². The summed E-state index contributed by atoms with van der Waals surface area (Å²) in [6, 6.07) is 5.50. The van der Waals surface area contributed by atoms with E-state index in [1.54, 1.807) is 6.92 Å². The average Bonchev–Trinajstić information content (AvgIpc) is 2.85. The van der Waals surface area contributed by atoms with E-state index in [0.717, 1.165) is 0 Å². The summed E-state index contributed by atoms with van der Waals surface area (Å²) in [4.78, 5) is 12.1. The topological polar surface area (TPSA) is 60.9 Å². The number of halogens is 1. The second-order valence-electron chi connectivity index (χ2n) is 3.86. The molecule has 0 atom stereocenters. The third-order valence-corrected chi connectivity index (χ3v) is 2.68. The number of hydrogen-bond acceptors (Lipinski definition) is 4. The number of nitrogens with zero attached hydrogens (tertiary/aromatic N) is 3. The second-order valence-corrected chi connectivity index (χ2v) is 3.86. The Bertz CT molecular complexity index is 774. The maximum absolute atomic E-state index is 12.9. The van der Waals surface area contributed by atoms with Crippen LogP contribution in [0.25, 0.3) is 16.6 Å². The fourth-order valence-electron chi connectivity index (χ4n) is 1.75. The predicted molar refractivity (Wildman–Crippen MR) is 62.1 cm³/mol. The largest absolute Gasteiger partial charge is 0.363 e. The van der Waals surface area contributed by atoms with Crippen molar-refractivity contribution in [2.45, 2.75) is 6.92 Å². The van der Waals surface area contributed by atoms with E-state index in [9.17, 15) is 9.18 Å². The van der Waals surface area contributed by atoms with E-state index >= 15 is 0 Å². The van der Waals surface area contributed by atoms with Crippen LogP contribution in [0.1, 0.15) is 5.69 Å². The van der Waals surface area contributed by atoms with Crippen LogP contribution in [-0.4, -0.2) is 14.9 Å². The molecule has 0 aliphatic carbocycles. The summed E-state index contributed by atoms with van der Waals surface area (Å²) in [6.07, 6.45) is 1.38. The van der Waals surface area contributed by atoms with Gasteiger partial charge in [0.2, 0.25) is 0 Å². The Morgan fingerprint density at radius 2 is 2.00 bits per heavy atom. The van der Waals surface area contributed by atoms with E-state index in [1.807, 2.05) is 0 Å². The molecule has 3 aromatic rings. The van der Waals surface area contributed by atoms with Crippen molar-refractivity contribution in [2.24, 2.45) is 0 Å². The number of hydrogen-bond donors (Lipinski definition) is 0. The predicted octanol–water partition coefficient (Wildman–Crippen LogP) is 1.82. The normalized spacial score (nSPS) is 11.0. The van der Waals surface area contributed by atoms with Crippen molar-refractivity contribution in [3.63, 3.8) is 0 Å². The molecule has 0 aliphatic heterocycles. The summed E-state index contributed by atoms with van der Waals surface area (Å²) < 4.78 is 18.8. The molecule has 0 N–H and O–H groups in total. The molecule has 0 spiro atoms. The quantitative estimate of drug-likeness (QED) is 0.656. The lowest BCUT2D eigenvalue weighted by Crippen LogP contribution is -2.22. The van der Waals surface area contributed by atoms with Gasteiger partial charge >= 0.3 is 5.56 Å². The second kappa shape index (κ2) is 3.76. The first-order valence-electron chi connectivity index (χ1n) is 5.27. The van der Waals surface area contributed by atoms with Crippen LogP contribution in [0.5, 0.6) is 0 Å². The van der Waals surface area contributed by atoms with Crippen LogP contribution in [0, 0.1) is 12.7 Å². The van der Waals surface area contributed by atoms with Gasteiger partial charge in [0.1, 0.15) is 12.1 Å². The molecule has 5 nitrogen and oxygen atoms in total. The Morgan fingerprint density at radius 1 is 1.28 bits per heavy atom. The van der Waals surface area contributed by atoms with Crippen molar-refractivity contribution >= 4 is 10.9 Å². The fourth-order valence-corrected chi connectivity index (χ4v) is 1.75. The van der Waals surface area contributed by atoms with Gasteiger partial charge in [0, 0.05) is 0 Å². The molecule has 0 unspecified atom stereocenters. The van der Waals surface area contributed by atoms with Gasteiger partial charge < -0.3 is 4.52 Å². The molecular weight excluding hydrogens is 237 g/mol. The first-order valence-corrected chi connectivity index (χ1v) is 5.27. The van der Waals surface area contributed by atoms with Crippen molar-refractivity contribution in [1.82, 2.24) is 14.9 Å². The van der Waals surface area contributed by atoms with Gasteiger partial charge in [-0.15, -0.1) is 0 Å². The highest BCUT2D eigenvalue weighted by atomic mass is 19.1. The molecular formula is C12H8FN3O2. The van der Waals surface area contributed by atoms with Crippen LogP contribution in [0.3, 0.4) is 0 Å². The highest BCUT2D eigenvalue weighted by Gasteiger charge is 2.12. The Morgan fingerprint density at radius 3 is 2.72 bits per heavy atom. The van der Waals surface area contributed by atoms with Crippen molar-refractivity contribution in [3.05, 3.63) is 52.4 Å². The summed E-state index contributed by atoms with van der Waals surface area (Å²) in [7, 11) is 0. The molecule has 0 radical (unpaired) electrons. The Kier molecular flexibility index (Phi) is 2.22. The first kappa shape index (κ1) is 10.6. The van der Waals surface area contributed by atoms with Gasteiger partial charge in [0.05, 0.1) is 16.8 Å². The molecule has 6 heteroatoms. The molecule has 0 amide bonds. The van der Waals surface area contributed by atoms with Crippen LogP contribution < -0.4 is 5.56 Å². The fraction of sp³-hybridized carbons (Fsp3) is 0.0833. The number of rotatable bonds is 1. The number of aryl methyl sites for hydroxylation is 1. The van der Waals surface area contributed by atoms with Gasteiger partial charge in [-0.1, -0.05) is 5.16 Å². The minimum Gasteiger partial charge on any atom is -0.363 e. The Balaban J connectivity index is 2.32. The molecule has 0 saturated carbocycles. The third-order valence-electron chi connectivity index (χ3n) is 2.68. The molecule has 3 rings (SSSR count). The standard InChI is InChI=1S/C12H8FN3O2/c1-7-10-6-18-15-11(10)12(17)16(14-7)9-4-2-8(13)3-5-9/h2-6H,1H3. The summed E-state index contributed by atoms with van der Waals surface area (Å²) in [5.74, 6) is -0.369. The molecule has 0 fully saturated rings. The van der Waals surface area contributed by atoms with Crippen molar-refractivity contribution in [1.29, 1.82) is 0 Å². The zero-order chi connectivity index (χ0) is 12.7. The maximum atomic E-state index is 12.9. The highest BCUT2D eigenvalue weighted by Crippen LogP contribution is 2.13. The van der Waals surface area contributed by atoms with Crippen molar-refractivity contribution in [2.75, 3.05) is 0 Å². The smallest absolute Gasteiger partial charge is 0.301 e. The Hall–Kier alpha value is -2.50. The summed E-state index contributed by atoms with van der Waals surface area (Å²) in [6.45, 7) is 1.75. The zero-order valence-electron chi connectivity index (χ0n) is 9.42. The lowest BCUT2D eigenvalue weighted by molar-refractivity contribution is 0.427. The van der Waals surface area contributed by atoms with Crippen molar-refractivity contribution in [3.8, 4) is 5.69 Å². The third kappa shape index (κ3) is 1.50. The molecule has 90 valence electrons. The van der Waals surface area contributed by atoms with Gasteiger partial charge in [-0.25, -0.2) is 4.39 Å². The minimum absolute atomic E-state index is 0.215. The van der Waals surface area contributed by atoms with E-state index in [2.05, 4.69) is 10.3 Å². The van der Waals surface area contributed by atoms with E-state index in [0.29, 0.717) is 16.8 Å². The minimum atomic E-state index is -0.393. The van der Waals surface area contributed by atoms with E-state index < -0.39 is 5.56 Å². The van der Waals surface area contributed by atoms with Crippen LogP contribution in [0.15, 0.2) is 39.8 Å². The average molecular weight is 245 g/mol. The molecule has 0 saturated heterocycles. The van der Waals surface area contributed by atoms with E-state index in [4.69, 9.17) is 4.52 Å². The number of benzene rings is 1. The van der Waals surface area contributed by atoms with Crippen LogP contribution >= 0.6 is 0 Å².